The second-order valence-corrected chi connectivity index (χ2v) is 6.79. The molecule has 0 unspecified atom stereocenters. The Bertz CT molecular complexity index is 822. The Kier molecular flexibility index (Phi) is 5.40. The van der Waals surface area contributed by atoms with Gasteiger partial charge in [-0.2, -0.15) is 8.78 Å². The van der Waals surface area contributed by atoms with Crippen molar-refractivity contribution in [3.8, 4) is 17.2 Å². The van der Waals surface area contributed by atoms with Crippen LogP contribution >= 0.6 is 0 Å². The standard InChI is InChI=1S/C16H17F2N3O4S/c1-23-13-5-6-19-12(14(13)24-2)8-26(22)16-20-10-4-3-9(25-15(17)18)7-11(10)21-16/h3-7,15-16,20-21H,8H2,1-2H3/t16-,26+/m0/s1. The van der Waals surface area contributed by atoms with Gasteiger partial charge in [0, 0.05) is 18.3 Å². The van der Waals surface area contributed by atoms with Crippen LogP contribution < -0.4 is 24.8 Å². The van der Waals surface area contributed by atoms with Crippen molar-refractivity contribution in [2.45, 2.75) is 17.9 Å². The fourth-order valence-corrected chi connectivity index (χ4v) is 3.72. The van der Waals surface area contributed by atoms with Crippen molar-refractivity contribution in [2.24, 2.45) is 0 Å². The monoisotopic (exact) mass is 385 g/mol. The van der Waals surface area contributed by atoms with Crippen LogP contribution in [0.15, 0.2) is 30.5 Å². The van der Waals surface area contributed by atoms with Gasteiger partial charge in [-0.25, -0.2) is 0 Å². The van der Waals surface area contributed by atoms with Gasteiger partial charge in [0.1, 0.15) is 5.75 Å². The molecule has 1 aliphatic heterocycles. The molecule has 7 nitrogen and oxygen atoms in total. The van der Waals surface area contributed by atoms with Crippen LogP contribution in [0, 0.1) is 0 Å². The molecule has 2 N–H and O–H groups in total. The summed E-state index contributed by atoms with van der Waals surface area (Å²) in [6.45, 7) is -2.90. The molecule has 1 aliphatic rings. The van der Waals surface area contributed by atoms with E-state index in [2.05, 4.69) is 20.4 Å². The zero-order chi connectivity index (χ0) is 18.7. The molecule has 0 fully saturated rings. The predicted molar refractivity (Wildman–Crippen MR) is 93.3 cm³/mol. The Labute approximate surface area is 151 Å². The van der Waals surface area contributed by atoms with Gasteiger partial charge in [-0.15, -0.1) is 0 Å². The minimum absolute atomic E-state index is 0.0237. The number of alkyl halides is 2. The molecular formula is C16H17F2N3O4S. The average molecular weight is 385 g/mol. The number of methoxy groups -OCH3 is 2. The summed E-state index contributed by atoms with van der Waals surface area (Å²) >= 11 is 0. The topological polar surface area (TPSA) is 81.7 Å². The summed E-state index contributed by atoms with van der Waals surface area (Å²) in [7, 11) is 1.57. The van der Waals surface area contributed by atoms with Gasteiger partial charge in [0.05, 0.1) is 47.8 Å². The molecule has 26 heavy (non-hydrogen) atoms. The Balaban J connectivity index is 1.72. The average Bonchev–Trinajstić information content (AvgIpc) is 3.04. The number of rotatable bonds is 7. The summed E-state index contributed by atoms with van der Waals surface area (Å²) in [6.07, 6.45) is 1.55. The lowest BCUT2D eigenvalue weighted by Gasteiger charge is -2.14. The molecular weight excluding hydrogens is 368 g/mol. The first-order valence-corrected chi connectivity index (χ1v) is 8.95. The number of aromatic nitrogens is 1. The molecule has 0 spiro atoms. The number of nitrogens with one attached hydrogen (secondary N) is 2. The van der Waals surface area contributed by atoms with Crippen LogP contribution in [-0.4, -0.2) is 35.5 Å². The zero-order valence-corrected chi connectivity index (χ0v) is 14.8. The van der Waals surface area contributed by atoms with E-state index in [0.29, 0.717) is 28.6 Å². The lowest BCUT2D eigenvalue weighted by atomic mass is 10.2. The van der Waals surface area contributed by atoms with Gasteiger partial charge in [-0.3, -0.25) is 9.19 Å². The zero-order valence-electron chi connectivity index (χ0n) is 14.0. The first kappa shape index (κ1) is 18.2. The number of benzene rings is 1. The number of hydrogen-bond acceptors (Lipinski definition) is 7. The highest BCUT2D eigenvalue weighted by Crippen LogP contribution is 2.35. The van der Waals surface area contributed by atoms with Crippen molar-refractivity contribution in [1.29, 1.82) is 0 Å². The number of pyridine rings is 1. The molecule has 2 atom stereocenters. The van der Waals surface area contributed by atoms with E-state index in [4.69, 9.17) is 9.47 Å². The highest BCUT2D eigenvalue weighted by Gasteiger charge is 2.27. The second-order valence-electron chi connectivity index (χ2n) is 5.27. The van der Waals surface area contributed by atoms with Gasteiger partial charge in [-0.05, 0) is 12.1 Å². The molecule has 0 aliphatic carbocycles. The highest BCUT2D eigenvalue weighted by molar-refractivity contribution is 7.85. The fraction of sp³-hybridized carbons (Fsp3) is 0.312. The van der Waals surface area contributed by atoms with Crippen LogP contribution in [-0.2, 0) is 16.6 Å². The van der Waals surface area contributed by atoms with Crippen molar-refractivity contribution >= 4 is 22.2 Å². The van der Waals surface area contributed by atoms with E-state index in [-0.39, 0.29) is 11.5 Å². The Morgan fingerprint density at radius 2 is 1.96 bits per heavy atom. The van der Waals surface area contributed by atoms with E-state index in [1.807, 2.05) is 0 Å². The summed E-state index contributed by atoms with van der Waals surface area (Å²) in [5.41, 5.74) is 1.07. The summed E-state index contributed by atoms with van der Waals surface area (Å²) in [4.78, 5) is 4.21. The summed E-state index contributed by atoms with van der Waals surface area (Å²) in [5, 5.41) is 6.05. The lowest BCUT2D eigenvalue weighted by molar-refractivity contribution is -0.0497. The Hall–Kier alpha value is -2.62. The van der Waals surface area contributed by atoms with Crippen LogP contribution in [0.1, 0.15) is 5.69 Å². The molecule has 3 rings (SSSR count). The first-order chi connectivity index (χ1) is 12.5. The van der Waals surface area contributed by atoms with Crippen LogP contribution in [0.25, 0.3) is 0 Å². The molecule has 2 aromatic rings. The maximum absolute atomic E-state index is 12.7. The molecule has 2 heterocycles. The third kappa shape index (κ3) is 3.79. The van der Waals surface area contributed by atoms with Crippen molar-refractivity contribution in [3.63, 3.8) is 0 Å². The Morgan fingerprint density at radius 1 is 1.19 bits per heavy atom. The minimum atomic E-state index is -2.90. The largest absolute Gasteiger partial charge is 0.493 e. The molecule has 140 valence electrons. The lowest BCUT2D eigenvalue weighted by Crippen LogP contribution is -2.28. The van der Waals surface area contributed by atoms with Gasteiger partial charge >= 0.3 is 6.61 Å². The number of ether oxygens (including phenoxy) is 3. The van der Waals surface area contributed by atoms with Crippen LogP contribution in [0.3, 0.4) is 0 Å². The van der Waals surface area contributed by atoms with Crippen LogP contribution in [0.4, 0.5) is 20.2 Å². The predicted octanol–water partition coefficient (Wildman–Crippen LogP) is 2.77. The number of nitrogens with zero attached hydrogens (tertiary/aromatic N) is 1. The number of fused-ring (bicyclic) bond motifs is 1. The molecule has 0 saturated heterocycles. The summed E-state index contributed by atoms with van der Waals surface area (Å²) in [6, 6.07) is 6.08. The maximum Gasteiger partial charge on any atom is 0.387 e. The molecule has 1 aromatic carbocycles. The van der Waals surface area contributed by atoms with E-state index >= 15 is 0 Å². The molecule has 0 bridgehead atoms. The van der Waals surface area contributed by atoms with Crippen LogP contribution in [0.2, 0.25) is 0 Å². The van der Waals surface area contributed by atoms with E-state index in [9.17, 15) is 13.0 Å². The maximum atomic E-state index is 12.7. The van der Waals surface area contributed by atoms with E-state index < -0.39 is 22.9 Å². The number of hydrogen-bond donors (Lipinski definition) is 2. The van der Waals surface area contributed by atoms with Gasteiger partial charge in [0.2, 0.25) is 0 Å². The summed E-state index contributed by atoms with van der Waals surface area (Å²) in [5.74, 6) is 1.06. The SMILES string of the molecule is COc1ccnc(C[S@@](=O)[C@H]2Nc3ccc(OC(F)F)cc3N2)c1OC. The van der Waals surface area contributed by atoms with E-state index in [1.54, 1.807) is 18.3 Å². The van der Waals surface area contributed by atoms with Gasteiger partial charge < -0.3 is 24.8 Å². The van der Waals surface area contributed by atoms with E-state index in [1.165, 1.54) is 26.4 Å². The molecule has 0 amide bonds. The normalized spacial score (nSPS) is 16.4. The first-order valence-electron chi connectivity index (χ1n) is 7.56. The third-order valence-corrected chi connectivity index (χ3v) is 5.02. The van der Waals surface area contributed by atoms with Crippen molar-refractivity contribution in [1.82, 2.24) is 4.98 Å². The third-order valence-electron chi connectivity index (χ3n) is 3.70. The quantitative estimate of drug-likeness (QED) is 0.758. The highest BCUT2D eigenvalue weighted by atomic mass is 32.2. The second kappa shape index (κ2) is 7.73. The molecule has 10 heteroatoms. The minimum Gasteiger partial charge on any atom is -0.493 e. The Morgan fingerprint density at radius 3 is 2.65 bits per heavy atom. The van der Waals surface area contributed by atoms with Gasteiger partial charge in [0.25, 0.3) is 0 Å². The fourth-order valence-electron chi connectivity index (χ4n) is 2.57. The van der Waals surface area contributed by atoms with Gasteiger partial charge in [-0.1, -0.05) is 0 Å². The van der Waals surface area contributed by atoms with Crippen molar-refractivity contribution in [3.05, 3.63) is 36.2 Å². The number of halogens is 2. The molecule has 1 aromatic heterocycles. The van der Waals surface area contributed by atoms with Gasteiger partial charge in [0.15, 0.2) is 17.0 Å². The van der Waals surface area contributed by atoms with Crippen molar-refractivity contribution < 1.29 is 27.2 Å². The smallest absolute Gasteiger partial charge is 0.387 e. The van der Waals surface area contributed by atoms with Crippen LogP contribution in [0.5, 0.6) is 17.2 Å². The molecule has 0 saturated carbocycles. The number of anilines is 2. The van der Waals surface area contributed by atoms with Crippen molar-refractivity contribution in [2.75, 3.05) is 24.9 Å². The molecule has 0 radical (unpaired) electrons. The van der Waals surface area contributed by atoms with E-state index in [0.717, 1.165) is 0 Å². The summed E-state index contributed by atoms with van der Waals surface area (Å²) < 4.78 is 52.2.